The molecule has 0 amide bonds. The summed E-state index contributed by atoms with van der Waals surface area (Å²) in [4.78, 5) is 0. The highest BCUT2D eigenvalue weighted by atomic mass is 16.5. The van der Waals surface area contributed by atoms with Crippen molar-refractivity contribution in [3.63, 3.8) is 0 Å². The Hall–Kier alpha value is -0.980. The van der Waals surface area contributed by atoms with Crippen molar-refractivity contribution >= 4 is 0 Å². The Morgan fingerprint density at radius 1 is 1.11 bits per heavy atom. The van der Waals surface area contributed by atoms with E-state index in [1.807, 2.05) is 6.07 Å². The SMILES string of the molecule is CCCCCCCCCc1[c]ccc2c1CCO2. The Balaban J connectivity index is 1.66. The quantitative estimate of drug-likeness (QED) is 0.602. The lowest BCUT2D eigenvalue weighted by Crippen LogP contribution is -1.92. The number of unbranched alkanes of at least 4 members (excludes halogenated alkanes) is 6. The van der Waals surface area contributed by atoms with Gasteiger partial charge in [-0.1, -0.05) is 51.5 Å². The van der Waals surface area contributed by atoms with Gasteiger partial charge in [-0.15, -0.1) is 0 Å². The van der Waals surface area contributed by atoms with E-state index in [4.69, 9.17) is 4.74 Å². The molecule has 0 aliphatic carbocycles. The molecule has 1 aromatic carbocycles. The molecule has 0 aromatic heterocycles. The Morgan fingerprint density at radius 3 is 2.72 bits per heavy atom. The molecule has 1 heterocycles. The number of hydrogen-bond acceptors (Lipinski definition) is 1. The van der Waals surface area contributed by atoms with Gasteiger partial charge in [0.15, 0.2) is 0 Å². The van der Waals surface area contributed by atoms with E-state index in [0.717, 1.165) is 18.8 Å². The number of aryl methyl sites for hydroxylation is 1. The molecular weight excluding hydrogens is 220 g/mol. The van der Waals surface area contributed by atoms with Crippen molar-refractivity contribution in [2.75, 3.05) is 6.61 Å². The molecule has 18 heavy (non-hydrogen) atoms. The third-order valence-electron chi connectivity index (χ3n) is 3.79. The summed E-state index contributed by atoms with van der Waals surface area (Å²) in [5.74, 6) is 1.10. The first-order valence-corrected chi connectivity index (χ1v) is 7.57. The van der Waals surface area contributed by atoms with Crippen LogP contribution in [0.1, 0.15) is 63.0 Å². The molecule has 0 atom stereocenters. The van der Waals surface area contributed by atoms with Gasteiger partial charge in [-0.25, -0.2) is 0 Å². The summed E-state index contributed by atoms with van der Waals surface area (Å²) in [7, 11) is 0. The minimum Gasteiger partial charge on any atom is -0.493 e. The molecule has 2 rings (SSSR count). The van der Waals surface area contributed by atoms with Crippen LogP contribution >= 0.6 is 0 Å². The molecular formula is C17H25O. The average Bonchev–Trinajstić information content (AvgIpc) is 2.86. The molecule has 0 saturated heterocycles. The van der Waals surface area contributed by atoms with E-state index < -0.39 is 0 Å². The van der Waals surface area contributed by atoms with Gasteiger partial charge in [-0.05, 0) is 30.5 Å². The molecule has 99 valence electrons. The normalized spacial score (nSPS) is 13.4. The fraction of sp³-hybridized carbons (Fsp3) is 0.647. The lowest BCUT2D eigenvalue weighted by molar-refractivity contribution is 0.357. The van der Waals surface area contributed by atoms with Gasteiger partial charge in [0.25, 0.3) is 0 Å². The zero-order chi connectivity index (χ0) is 12.6. The molecule has 1 aliphatic heterocycles. The first-order chi connectivity index (χ1) is 8.92. The predicted octanol–water partition coefficient (Wildman–Crippen LogP) is 4.71. The molecule has 1 nitrogen and oxygen atoms in total. The van der Waals surface area contributed by atoms with Gasteiger partial charge in [0.05, 0.1) is 6.61 Å². The number of hydrogen-bond donors (Lipinski definition) is 0. The minimum absolute atomic E-state index is 0.858. The van der Waals surface area contributed by atoms with Crippen LogP contribution in [-0.2, 0) is 12.8 Å². The second kappa shape index (κ2) is 7.45. The summed E-state index contributed by atoms with van der Waals surface area (Å²) < 4.78 is 5.59. The van der Waals surface area contributed by atoms with Gasteiger partial charge in [-0.2, -0.15) is 0 Å². The maximum absolute atomic E-state index is 5.59. The highest BCUT2D eigenvalue weighted by Gasteiger charge is 2.15. The van der Waals surface area contributed by atoms with Crippen LogP contribution < -0.4 is 4.74 Å². The first kappa shape index (κ1) is 13.5. The molecule has 1 aromatic rings. The summed E-state index contributed by atoms with van der Waals surface area (Å²) >= 11 is 0. The topological polar surface area (TPSA) is 9.23 Å². The van der Waals surface area contributed by atoms with Crippen molar-refractivity contribution in [3.05, 3.63) is 29.3 Å². The Labute approximate surface area is 112 Å². The maximum atomic E-state index is 5.59. The van der Waals surface area contributed by atoms with E-state index in [2.05, 4.69) is 19.1 Å². The fourth-order valence-electron chi connectivity index (χ4n) is 2.71. The van der Waals surface area contributed by atoms with E-state index in [-0.39, 0.29) is 0 Å². The van der Waals surface area contributed by atoms with Crippen LogP contribution in [0.5, 0.6) is 5.75 Å². The highest BCUT2D eigenvalue weighted by molar-refractivity contribution is 5.42. The van der Waals surface area contributed by atoms with Gasteiger partial charge in [0.2, 0.25) is 0 Å². The molecule has 1 heteroatoms. The van der Waals surface area contributed by atoms with Crippen LogP contribution in [0.4, 0.5) is 0 Å². The summed E-state index contributed by atoms with van der Waals surface area (Å²) in [6.07, 6.45) is 11.9. The molecule has 0 N–H and O–H groups in total. The highest BCUT2D eigenvalue weighted by Crippen LogP contribution is 2.28. The fourth-order valence-corrected chi connectivity index (χ4v) is 2.71. The maximum Gasteiger partial charge on any atom is 0.122 e. The second-order valence-electron chi connectivity index (χ2n) is 5.27. The lowest BCUT2D eigenvalue weighted by Gasteiger charge is -2.06. The first-order valence-electron chi connectivity index (χ1n) is 7.57. The van der Waals surface area contributed by atoms with Crippen LogP contribution in [0.2, 0.25) is 0 Å². The van der Waals surface area contributed by atoms with Crippen molar-refractivity contribution in [3.8, 4) is 5.75 Å². The summed E-state index contributed by atoms with van der Waals surface area (Å²) in [6, 6.07) is 7.47. The van der Waals surface area contributed by atoms with E-state index in [0.29, 0.717) is 0 Å². The molecule has 0 unspecified atom stereocenters. The van der Waals surface area contributed by atoms with Crippen LogP contribution in [0.25, 0.3) is 0 Å². The van der Waals surface area contributed by atoms with Crippen LogP contribution in [0.15, 0.2) is 12.1 Å². The van der Waals surface area contributed by atoms with Gasteiger partial charge in [0, 0.05) is 12.0 Å². The Kier molecular flexibility index (Phi) is 5.57. The number of benzene rings is 1. The van der Waals surface area contributed by atoms with Crippen molar-refractivity contribution in [1.29, 1.82) is 0 Å². The largest absolute Gasteiger partial charge is 0.493 e. The van der Waals surface area contributed by atoms with Gasteiger partial charge >= 0.3 is 0 Å². The Bertz CT molecular complexity index is 357. The second-order valence-corrected chi connectivity index (χ2v) is 5.27. The molecule has 1 radical (unpaired) electrons. The van der Waals surface area contributed by atoms with E-state index >= 15 is 0 Å². The minimum atomic E-state index is 0.858. The molecule has 0 fully saturated rings. The number of fused-ring (bicyclic) bond motifs is 1. The molecule has 0 bridgehead atoms. The van der Waals surface area contributed by atoms with Crippen molar-refractivity contribution in [2.45, 2.75) is 64.7 Å². The summed E-state index contributed by atoms with van der Waals surface area (Å²) in [5.41, 5.74) is 2.82. The van der Waals surface area contributed by atoms with E-state index in [1.165, 1.54) is 62.5 Å². The zero-order valence-electron chi connectivity index (χ0n) is 11.6. The lowest BCUT2D eigenvalue weighted by atomic mass is 9.99. The van der Waals surface area contributed by atoms with Gasteiger partial charge < -0.3 is 4.74 Å². The van der Waals surface area contributed by atoms with E-state index in [1.54, 1.807) is 0 Å². The summed E-state index contributed by atoms with van der Waals surface area (Å²) in [6.45, 7) is 3.13. The van der Waals surface area contributed by atoms with Crippen LogP contribution in [-0.4, -0.2) is 6.61 Å². The zero-order valence-corrected chi connectivity index (χ0v) is 11.6. The van der Waals surface area contributed by atoms with Crippen LogP contribution in [0.3, 0.4) is 0 Å². The molecule has 1 aliphatic rings. The number of ether oxygens (including phenoxy) is 1. The van der Waals surface area contributed by atoms with Gasteiger partial charge in [-0.3, -0.25) is 0 Å². The standard InChI is InChI=1S/C17H25O/c1-2-3-4-5-6-7-8-10-15-11-9-12-17-16(15)13-14-18-17/h9,12H,2-8,10,13-14H2,1H3. The number of rotatable bonds is 8. The average molecular weight is 245 g/mol. The summed E-state index contributed by atoms with van der Waals surface area (Å²) in [5, 5.41) is 0. The monoisotopic (exact) mass is 245 g/mol. The molecule has 0 saturated carbocycles. The van der Waals surface area contributed by atoms with E-state index in [9.17, 15) is 0 Å². The van der Waals surface area contributed by atoms with Crippen molar-refractivity contribution in [2.24, 2.45) is 0 Å². The third-order valence-corrected chi connectivity index (χ3v) is 3.79. The van der Waals surface area contributed by atoms with Crippen molar-refractivity contribution < 1.29 is 4.74 Å². The predicted molar refractivity (Wildman–Crippen MR) is 76.2 cm³/mol. The molecule has 0 spiro atoms. The van der Waals surface area contributed by atoms with Crippen LogP contribution in [0, 0.1) is 6.07 Å². The third kappa shape index (κ3) is 3.76. The van der Waals surface area contributed by atoms with Gasteiger partial charge in [0.1, 0.15) is 5.75 Å². The van der Waals surface area contributed by atoms with Crippen molar-refractivity contribution in [1.82, 2.24) is 0 Å². The smallest absolute Gasteiger partial charge is 0.122 e. The Morgan fingerprint density at radius 2 is 1.89 bits per heavy atom.